The molecule has 0 aliphatic carbocycles. The van der Waals surface area contributed by atoms with Gasteiger partial charge in [0.2, 0.25) is 5.78 Å². The molecule has 1 aromatic carbocycles. The summed E-state index contributed by atoms with van der Waals surface area (Å²) < 4.78 is 42.5. The summed E-state index contributed by atoms with van der Waals surface area (Å²) in [6.07, 6.45) is -3.65. The molecule has 106 valence electrons. The Labute approximate surface area is 114 Å². The second-order valence-corrected chi connectivity index (χ2v) is 4.41. The molecule has 0 spiro atoms. The van der Waals surface area contributed by atoms with Crippen LogP contribution >= 0.6 is 0 Å². The van der Waals surface area contributed by atoms with E-state index in [2.05, 4.69) is 0 Å². The molecule has 0 saturated carbocycles. The number of carbonyl (C=O) groups excluding carboxylic acids is 1. The number of rotatable bonds is 4. The molecule has 0 amide bonds. The van der Waals surface area contributed by atoms with Gasteiger partial charge in [-0.25, -0.2) is 0 Å². The predicted octanol–water partition coefficient (Wildman–Crippen LogP) is 4.29. The zero-order valence-electron chi connectivity index (χ0n) is 10.8. The minimum atomic E-state index is -4.36. The lowest BCUT2D eigenvalue weighted by atomic mass is 10.1. The van der Waals surface area contributed by atoms with Crippen molar-refractivity contribution in [2.45, 2.75) is 25.9 Å². The van der Waals surface area contributed by atoms with E-state index in [0.717, 1.165) is 12.1 Å². The molecule has 0 aliphatic heterocycles. The number of furan rings is 1. The first-order valence-corrected chi connectivity index (χ1v) is 6.18. The molecular formula is C15H13F3O2. The van der Waals surface area contributed by atoms with E-state index >= 15 is 0 Å². The first-order chi connectivity index (χ1) is 9.40. The van der Waals surface area contributed by atoms with E-state index < -0.39 is 11.7 Å². The number of Topliss-reactive ketones (excluding diaryl/α,β-unsaturated/α-hetero) is 1. The maximum atomic E-state index is 12.4. The number of carbonyl (C=O) groups is 1. The minimum Gasteiger partial charge on any atom is -0.458 e. The number of ketones is 1. The van der Waals surface area contributed by atoms with Gasteiger partial charge in [-0.15, -0.1) is 0 Å². The standard InChI is InChI=1S/C15H13F3O2/c1-2-12-7-8-14(20-12)13(19)9-10-3-5-11(6-4-10)15(16,17)18/h3-8H,2,9H2,1H3. The van der Waals surface area contributed by atoms with Crippen molar-refractivity contribution in [3.63, 3.8) is 0 Å². The van der Waals surface area contributed by atoms with E-state index in [-0.39, 0.29) is 18.0 Å². The maximum Gasteiger partial charge on any atom is 0.416 e. The molecule has 2 rings (SSSR count). The van der Waals surface area contributed by atoms with E-state index in [1.54, 1.807) is 12.1 Å². The van der Waals surface area contributed by atoms with Crippen molar-refractivity contribution >= 4 is 5.78 Å². The summed E-state index contributed by atoms with van der Waals surface area (Å²) in [7, 11) is 0. The van der Waals surface area contributed by atoms with Gasteiger partial charge < -0.3 is 4.42 Å². The quantitative estimate of drug-likeness (QED) is 0.783. The monoisotopic (exact) mass is 282 g/mol. The molecule has 1 aromatic heterocycles. The summed E-state index contributed by atoms with van der Waals surface area (Å²) in [5, 5.41) is 0. The maximum absolute atomic E-state index is 12.4. The van der Waals surface area contributed by atoms with Crippen LogP contribution in [0.3, 0.4) is 0 Å². The van der Waals surface area contributed by atoms with Gasteiger partial charge in [-0.3, -0.25) is 4.79 Å². The molecule has 1 heterocycles. The molecule has 0 N–H and O–H groups in total. The molecular weight excluding hydrogens is 269 g/mol. The molecule has 0 fully saturated rings. The van der Waals surface area contributed by atoms with Gasteiger partial charge in [-0.1, -0.05) is 19.1 Å². The van der Waals surface area contributed by atoms with E-state index in [0.29, 0.717) is 17.7 Å². The van der Waals surface area contributed by atoms with Crippen LogP contribution in [0.4, 0.5) is 13.2 Å². The number of alkyl halides is 3. The fourth-order valence-corrected chi connectivity index (χ4v) is 1.80. The zero-order valence-corrected chi connectivity index (χ0v) is 10.8. The number of hydrogen-bond donors (Lipinski definition) is 0. The van der Waals surface area contributed by atoms with Crippen molar-refractivity contribution in [2.24, 2.45) is 0 Å². The third-order valence-electron chi connectivity index (χ3n) is 2.93. The molecule has 2 nitrogen and oxygen atoms in total. The van der Waals surface area contributed by atoms with Crippen LogP contribution < -0.4 is 0 Å². The third kappa shape index (κ3) is 3.29. The highest BCUT2D eigenvalue weighted by atomic mass is 19.4. The molecule has 0 saturated heterocycles. The average Bonchev–Trinajstić information content (AvgIpc) is 2.87. The second kappa shape index (κ2) is 5.53. The van der Waals surface area contributed by atoms with Crippen molar-refractivity contribution in [3.8, 4) is 0 Å². The van der Waals surface area contributed by atoms with Gasteiger partial charge in [0.05, 0.1) is 5.56 Å². The Morgan fingerprint density at radius 3 is 2.25 bits per heavy atom. The van der Waals surface area contributed by atoms with Gasteiger partial charge in [0.1, 0.15) is 5.76 Å². The summed E-state index contributed by atoms with van der Waals surface area (Å²) >= 11 is 0. The number of hydrogen-bond acceptors (Lipinski definition) is 2. The first-order valence-electron chi connectivity index (χ1n) is 6.18. The molecule has 0 aliphatic rings. The highest BCUT2D eigenvalue weighted by Crippen LogP contribution is 2.29. The van der Waals surface area contributed by atoms with Crippen LogP contribution in [-0.2, 0) is 19.0 Å². The normalized spacial score (nSPS) is 11.6. The smallest absolute Gasteiger partial charge is 0.416 e. The van der Waals surface area contributed by atoms with E-state index in [4.69, 9.17) is 4.42 Å². The van der Waals surface area contributed by atoms with Gasteiger partial charge >= 0.3 is 6.18 Å². The fraction of sp³-hybridized carbons (Fsp3) is 0.267. The van der Waals surface area contributed by atoms with E-state index in [1.807, 2.05) is 6.92 Å². The summed E-state index contributed by atoms with van der Waals surface area (Å²) in [5.74, 6) is 0.701. The SMILES string of the molecule is CCc1ccc(C(=O)Cc2ccc(C(F)(F)F)cc2)o1. The summed E-state index contributed by atoms with van der Waals surface area (Å²) in [6, 6.07) is 7.88. The number of benzene rings is 1. The van der Waals surface area contributed by atoms with E-state index in [1.165, 1.54) is 12.1 Å². The molecule has 0 unspecified atom stereocenters. The van der Waals surface area contributed by atoms with Crippen LogP contribution in [0.1, 0.15) is 34.4 Å². The van der Waals surface area contributed by atoms with Crippen LogP contribution in [0, 0.1) is 0 Å². The van der Waals surface area contributed by atoms with Gasteiger partial charge in [-0.05, 0) is 29.8 Å². The molecule has 20 heavy (non-hydrogen) atoms. The van der Waals surface area contributed by atoms with Crippen molar-refractivity contribution in [2.75, 3.05) is 0 Å². The third-order valence-corrected chi connectivity index (χ3v) is 2.93. The minimum absolute atomic E-state index is 0.0226. The highest BCUT2D eigenvalue weighted by Gasteiger charge is 2.30. The summed E-state index contributed by atoms with van der Waals surface area (Å²) in [6.45, 7) is 1.91. The van der Waals surface area contributed by atoms with Crippen molar-refractivity contribution < 1.29 is 22.4 Å². The lowest BCUT2D eigenvalue weighted by Gasteiger charge is -2.06. The van der Waals surface area contributed by atoms with Crippen LogP contribution in [-0.4, -0.2) is 5.78 Å². The lowest BCUT2D eigenvalue weighted by Crippen LogP contribution is -2.06. The number of aryl methyl sites for hydroxylation is 1. The van der Waals surface area contributed by atoms with Crippen molar-refractivity contribution in [1.82, 2.24) is 0 Å². The van der Waals surface area contributed by atoms with Gasteiger partial charge in [0.15, 0.2) is 5.76 Å². The van der Waals surface area contributed by atoms with Crippen molar-refractivity contribution in [3.05, 3.63) is 59.0 Å². The Bertz CT molecular complexity index is 594. The molecule has 0 atom stereocenters. The Balaban J connectivity index is 2.08. The van der Waals surface area contributed by atoms with Gasteiger partial charge in [-0.2, -0.15) is 13.2 Å². The molecule has 5 heteroatoms. The Hall–Kier alpha value is -2.04. The molecule has 2 aromatic rings. The molecule has 0 bridgehead atoms. The lowest BCUT2D eigenvalue weighted by molar-refractivity contribution is -0.137. The largest absolute Gasteiger partial charge is 0.458 e. The van der Waals surface area contributed by atoms with Gasteiger partial charge in [0, 0.05) is 12.8 Å². The topological polar surface area (TPSA) is 30.2 Å². The molecule has 0 radical (unpaired) electrons. The average molecular weight is 282 g/mol. The Morgan fingerprint density at radius 2 is 1.75 bits per heavy atom. The second-order valence-electron chi connectivity index (χ2n) is 4.41. The van der Waals surface area contributed by atoms with Crippen molar-refractivity contribution in [1.29, 1.82) is 0 Å². The predicted molar refractivity (Wildman–Crippen MR) is 67.6 cm³/mol. The Kier molecular flexibility index (Phi) is 3.97. The first kappa shape index (κ1) is 14.4. The van der Waals surface area contributed by atoms with Crippen LogP contribution in [0.25, 0.3) is 0 Å². The van der Waals surface area contributed by atoms with Crippen LogP contribution in [0.2, 0.25) is 0 Å². The van der Waals surface area contributed by atoms with Gasteiger partial charge in [0.25, 0.3) is 0 Å². The zero-order chi connectivity index (χ0) is 14.8. The van der Waals surface area contributed by atoms with Crippen LogP contribution in [0.5, 0.6) is 0 Å². The van der Waals surface area contributed by atoms with Crippen LogP contribution in [0.15, 0.2) is 40.8 Å². The summed E-state index contributed by atoms with van der Waals surface area (Å²) in [4.78, 5) is 11.9. The Morgan fingerprint density at radius 1 is 1.10 bits per heavy atom. The summed E-state index contributed by atoms with van der Waals surface area (Å²) in [5.41, 5.74) is -0.197. The fourth-order valence-electron chi connectivity index (χ4n) is 1.80. The number of halogens is 3. The van der Waals surface area contributed by atoms with E-state index in [9.17, 15) is 18.0 Å². The highest BCUT2D eigenvalue weighted by molar-refractivity contribution is 5.95.